The maximum atomic E-state index is 12.0. The summed E-state index contributed by atoms with van der Waals surface area (Å²) in [6, 6.07) is 14.2. The molecule has 0 saturated carbocycles. The minimum Gasteiger partial charge on any atom is -0.334 e. The third-order valence-corrected chi connectivity index (χ3v) is 3.13. The summed E-state index contributed by atoms with van der Waals surface area (Å²) in [6.07, 6.45) is 0. The van der Waals surface area contributed by atoms with E-state index in [0.717, 1.165) is 5.56 Å². The number of hydrogen-bond acceptors (Lipinski definition) is 1. The molecular formula is C17H22N2O. The number of benzene rings is 2. The van der Waals surface area contributed by atoms with Gasteiger partial charge in [0.05, 0.1) is 6.04 Å². The Kier molecular flexibility index (Phi) is 3.98. The number of rotatable bonds is 2. The van der Waals surface area contributed by atoms with Crippen LogP contribution >= 0.6 is 0 Å². The highest BCUT2D eigenvalue weighted by Gasteiger charge is 2.16. The van der Waals surface area contributed by atoms with Crippen molar-refractivity contribution in [3.63, 3.8) is 0 Å². The molecule has 0 spiro atoms. The zero-order valence-corrected chi connectivity index (χ0v) is 12.5. The van der Waals surface area contributed by atoms with Crippen molar-refractivity contribution in [2.75, 3.05) is 0 Å². The molecule has 106 valence electrons. The molecule has 2 aromatic rings. The molecule has 0 bridgehead atoms. The number of fused-ring (bicyclic) bond motifs is 1. The van der Waals surface area contributed by atoms with Gasteiger partial charge in [0.2, 0.25) is 0 Å². The summed E-state index contributed by atoms with van der Waals surface area (Å²) in [5.74, 6) is 0. The Bertz CT molecular complexity index is 608. The zero-order chi connectivity index (χ0) is 14.8. The predicted octanol–water partition coefficient (Wildman–Crippen LogP) is 4.00. The number of nitrogens with one attached hydrogen (secondary N) is 2. The van der Waals surface area contributed by atoms with Crippen LogP contribution in [0.5, 0.6) is 0 Å². The molecule has 0 aliphatic heterocycles. The summed E-state index contributed by atoms with van der Waals surface area (Å²) in [6.45, 7) is 7.91. The van der Waals surface area contributed by atoms with Gasteiger partial charge in [-0.15, -0.1) is 0 Å². The third-order valence-electron chi connectivity index (χ3n) is 3.13. The molecule has 0 aliphatic rings. The van der Waals surface area contributed by atoms with Gasteiger partial charge in [0.25, 0.3) is 0 Å². The van der Waals surface area contributed by atoms with E-state index in [1.165, 1.54) is 10.8 Å². The number of carbonyl (C=O) groups is 1. The first-order valence-corrected chi connectivity index (χ1v) is 6.93. The minimum atomic E-state index is -0.234. The Hall–Kier alpha value is -2.03. The molecule has 2 N–H and O–H groups in total. The van der Waals surface area contributed by atoms with Crippen LogP contribution in [0, 0.1) is 0 Å². The van der Waals surface area contributed by atoms with Crippen LogP contribution < -0.4 is 10.6 Å². The van der Waals surface area contributed by atoms with Crippen molar-refractivity contribution in [3.05, 3.63) is 48.0 Å². The van der Waals surface area contributed by atoms with Gasteiger partial charge in [0.15, 0.2) is 0 Å². The van der Waals surface area contributed by atoms with Crippen LogP contribution in [0.1, 0.15) is 39.3 Å². The molecule has 0 saturated heterocycles. The molecule has 0 unspecified atom stereocenters. The van der Waals surface area contributed by atoms with Crippen LogP contribution in [0.15, 0.2) is 42.5 Å². The second-order valence-corrected chi connectivity index (χ2v) is 6.14. The van der Waals surface area contributed by atoms with Gasteiger partial charge in [-0.05, 0) is 44.0 Å². The van der Waals surface area contributed by atoms with Crippen LogP contribution in [0.3, 0.4) is 0 Å². The maximum Gasteiger partial charge on any atom is 0.315 e. The average Bonchev–Trinajstić information content (AvgIpc) is 2.35. The minimum absolute atomic E-state index is 0.0385. The summed E-state index contributed by atoms with van der Waals surface area (Å²) in [4.78, 5) is 12.0. The van der Waals surface area contributed by atoms with Gasteiger partial charge in [0, 0.05) is 5.54 Å². The second kappa shape index (κ2) is 5.53. The Morgan fingerprint density at radius 1 is 1.05 bits per heavy atom. The van der Waals surface area contributed by atoms with Crippen LogP contribution in [0.25, 0.3) is 10.8 Å². The van der Waals surface area contributed by atoms with Gasteiger partial charge < -0.3 is 10.6 Å². The van der Waals surface area contributed by atoms with Crippen molar-refractivity contribution >= 4 is 16.8 Å². The third kappa shape index (κ3) is 3.50. The molecule has 0 aromatic heterocycles. The predicted molar refractivity (Wildman–Crippen MR) is 83.8 cm³/mol. The standard InChI is InChI=1S/C17H22N2O/c1-12(18-16(20)19-17(2,3)4)14-11-7-9-13-8-5-6-10-15(13)14/h5-12H,1-4H3,(H2,18,19,20)/t12-/m1/s1. The van der Waals surface area contributed by atoms with Crippen molar-refractivity contribution in [2.45, 2.75) is 39.3 Å². The zero-order valence-electron chi connectivity index (χ0n) is 12.5. The lowest BCUT2D eigenvalue weighted by atomic mass is 10.00. The second-order valence-electron chi connectivity index (χ2n) is 6.14. The topological polar surface area (TPSA) is 41.1 Å². The lowest BCUT2D eigenvalue weighted by Gasteiger charge is -2.23. The van der Waals surface area contributed by atoms with Crippen molar-refractivity contribution < 1.29 is 4.79 Å². The van der Waals surface area contributed by atoms with Gasteiger partial charge in [-0.2, -0.15) is 0 Å². The van der Waals surface area contributed by atoms with Gasteiger partial charge >= 0.3 is 6.03 Å². The highest BCUT2D eigenvalue weighted by molar-refractivity contribution is 5.86. The molecule has 20 heavy (non-hydrogen) atoms. The number of hydrogen-bond donors (Lipinski definition) is 2. The monoisotopic (exact) mass is 270 g/mol. The average molecular weight is 270 g/mol. The highest BCUT2D eigenvalue weighted by atomic mass is 16.2. The molecule has 1 atom stereocenters. The van der Waals surface area contributed by atoms with Crippen LogP contribution in [-0.2, 0) is 0 Å². The lowest BCUT2D eigenvalue weighted by molar-refractivity contribution is 0.229. The first-order chi connectivity index (χ1) is 9.37. The molecule has 2 aromatic carbocycles. The van der Waals surface area contributed by atoms with E-state index in [1.807, 2.05) is 45.9 Å². The molecule has 2 rings (SSSR count). The molecule has 2 amide bonds. The summed E-state index contributed by atoms with van der Waals surface area (Å²) in [7, 11) is 0. The molecule has 0 fully saturated rings. The van der Waals surface area contributed by atoms with Crippen LogP contribution in [0.2, 0.25) is 0 Å². The van der Waals surface area contributed by atoms with Gasteiger partial charge in [-0.3, -0.25) is 0 Å². The Labute approximate surface area is 120 Å². The van der Waals surface area contributed by atoms with Crippen molar-refractivity contribution in [3.8, 4) is 0 Å². The van der Waals surface area contributed by atoms with Crippen molar-refractivity contribution in [1.82, 2.24) is 10.6 Å². The van der Waals surface area contributed by atoms with Crippen LogP contribution in [-0.4, -0.2) is 11.6 Å². The van der Waals surface area contributed by atoms with E-state index in [4.69, 9.17) is 0 Å². The molecule has 0 aliphatic carbocycles. The number of carbonyl (C=O) groups excluding carboxylic acids is 1. The van der Waals surface area contributed by atoms with Gasteiger partial charge in [-0.1, -0.05) is 42.5 Å². The van der Waals surface area contributed by atoms with Crippen molar-refractivity contribution in [2.24, 2.45) is 0 Å². The molecule has 0 radical (unpaired) electrons. The van der Waals surface area contributed by atoms with E-state index >= 15 is 0 Å². The summed E-state index contributed by atoms with van der Waals surface area (Å²) < 4.78 is 0. The normalized spacial score (nSPS) is 13.0. The fourth-order valence-electron chi connectivity index (χ4n) is 2.28. The van der Waals surface area contributed by atoms with Crippen molar-refractivity contribution in [1.29, 1.82) is 0 Å². The van der Waals surface area contributed by atoms with E-state index in [9.17, 15) is 4.79 Å². The summed E-state index contributed by atoms with van der Waals surface area (Å²) in [5, 5.41) is 8.28. The summed E-state index contributed by atoms with van der Waals surface area (Å²) in [5.41, 5.74) is 0.898. The molecular weight excluding hydrogens is 248 g/mol. The lowest BCUT2D eigenvalue weighted by Crippen LogP contribution is -2.47. The van der Waals surface area contributed by atoms with E-state index < -0.39 is 0 Å². The first kappa shape index (κ1) is 14.4. The molecule has 3 nitrogen and oxygen atoms in total. The molecule has 0 heterocycles. The van der Waals surface area contributed by atoms with E-state index in [-0.39, 0.29) is 17.6 Å². The largest absolute Gasteiger partial charge is 0.334 e. The number of amides is 2. The fraction of sp³-hybridized carbons (Fsp3) is 0.353. The van der Waals surface area contributed by atoms with Gasteiger partial charge in [0.1, 0.15) is 0 Å². The Balaban J connectivity index is 2.20. The quantitative estimate of drug-likeness (QED) is 0.851. The first-order valence-electron chi connectivity index (χ1n) is 6.93. The fourth-order valence-corrected chi connectivity index (χ4v) is 2.28. The van der Waals surface area contributed by atoms with Crippen LogP contribution in [0.4, 0.5) is 4.79 Å². The van der Waals surface area contributed by atoms with E-state index in [0.29, 0.717) is 0 Å². The van der Waals surface area contributed by atoms with E-state index in [1.54, 1.807) is 0 Å². The molecule has 3 heteroatoms. The highest BCUT2D eigenvalue weighted by Crippen LogP contribution is 2.23. The Morgan fingerprint density at radius 3 is 2.40 bits per heavy atom. The Morgan fingerprint density at radius 2 is 1.70 bits per heavy atom. The SMILES string of the molecule is C[C@@H](NC(=O)NC(C)(C)C)c1cccc2ccccc12. The maximum absolute atomic E-state index is 12.0. The summed E-state index contributed by atoms with van der Waals surface area (Å²) >= 11 is 0. The number of urea groups is 1. The van der Waals surface area contributed by atoms with E-state index in [2.05, 4.69) is 34.9 Å². The smallest absolute Gasteiger partial charge is 0.315 e. The van der Waals surface area contributed by atoms with Gasteiger partial charge in [-0.25, -0.2) is 4.79 Å².